The van der Waals surface area contributed by atoms with Crippen LogP contribution in [0.5, 0.6) is 0 Å². The topological polar surface area (TPSA) is 127 Å². The Bertz CT molecular complexity index is 257. The Labute approximate surface area is 92.2 Å². The van der Waals surface area contributed by atoms with E-state index in [1.807, 2.05) is 0 Å². The van der Waals surface area contributed by atoms with Gasteiger partial charge in [-0.05, 0) is 12.8 Å². The molecule has 7 nitrogen and oxygen atoms in total. The highest BCUT2D eigenvalue weighted by atomic mass is 16.5. The minimum Gasteiger partial charge on any atom is -0.481 e. The zero-order valence-corrected chi connectivity index (χ0v) is 8.72. The van der Waals surface area contributed by atoms with Crippen molar-refractivity contribution < 1.29 is 29.3 Å². The molecule has 1 heterocycles. The Morgan fingerprint density at radius 2 is 2.06 bits per heavy atom. The van der Waals surface area contributed by atoms with E-state index in [0.717, 1.165) is 6.42 Å². The van der Waals surface area contributed by atoms with E-state index in [9.17, 15) is 14.4 Å². The van der Waals surface area contributed by atoms with E-state index in [1.54, 1.807) is 0 Å². The summed E-state index contributed by atoms with van der Waals surface area (Å²) >= 11 is 0. The second-order valence-corrected chi connectivity index (χ2v) is 3.20. The maximum absolute atomic E-state index is 10.0. The molecule has 92 valence electrons. The molecule has 0 spiro atoms. The summed E-state index contributed by atoms with van der Waals surface area (Å²) in [7, 11) is 0. The van der Waals surface area contributed by atoms with Crippen molar-refractivity contribution in [3.63, 3.8) is 0 Å². The molecule has 0 saturated carbocycles. The van der Waals surface area contributed by atoms with Gasteiger partial charge in [0.05, 0.1) is 6.61 Å². The maximum atomic E-state index is 10.0. The smallest absolute Gasteiger partial charge is 0.320 e. The van der Waals surface area contributed by atoms with Gasteiger partial charge in [-0.25, -0.2) is 0 Å². The minimum absolute atomic E-state index is 0.0231. The van der Waals surface area contributed by atoms with Crippen molar-refractivity contribution in [2.45, 2.75) is 31.7 Å². The Hall–Kier alpha value is -1.63. The predicted octanol–water partition coefficient (Wildman–Crippen LogP) is -0.414. The monoisotopic (exact) mass is 233 g/mol. The largest absolute Gasteiger partial charge is 0.481 e. The molecule has 0 radical (unpaired) electrons. The first-order chi connectivity index (χ1) is 7.43. The van der Waals surface area contributed by atoms with Crippen molar-refractivity contribution in [2.24, 2.45) is 5.73 Å². The fourth-order valence-electron chi connectivity index (χ4n) is 0.877. The minimum atomic E-state index is -1.17. The SMILES string of the molecule is NC(CCC(=O)O)C(=O)O.O=C1CCCO1. The fraction of sp³-hybridized carbons (Fsp3) is 0.667. The summed E-state index contributed by atoms with van der Waals surface area (Å²) in [6, 6.07) is -1.06. The molecule has 1 rings (SSSR count). The van der Waals surface area contributed by atoms with Crippen LogP contribution in [-0.2, 0) is 19.1 Å². The number of carbonyl (C=O) groups excluding carboxylic acids is 1. The first-order valence-electron chi connectivity index (χ1n) is 4.79. The quantitative estimate of drug-likeness (QED) is 0.563. The molecule has 1 unspecified atom stereocenters. The van der Waals surface area contributed by atoms with Gasteiger partial charge in [-0.3, -0.25) is 14.4 Å². The lowest BCUT2D eigenvalue weighted by Crippen LogP contribution is -2.30. The Balaban J connectivity index is 0.000000315. The van der Waals surface area contributed by atoms with Crippen LogP contribution in [0.4, 0.5) is 0 Å². The summed E-state index contributed by atoms with van der Waals surface area (Å²) in [6.45, 7) is 0.638. The molecular formula is C9H15NO6. The predicted molar refractivity (Wildman–Crippen MR) is 52.7 cm³/mol. The molecule has 0 bridgehead atoms. The summed E-state index contributed by atoms with van der Waals surface area (Å²) in [4.78, 5) is 29.9. The van der Waals surface area contributed by atoms with Crippen molar-refractivity contribution in [1.82, 2.24) is 0 Å². The van der Waals surface area contributed by atoms with Crippen LogP contribution >= 0.6 is 0 Å². The van der Waals surface area contributed by atoms with Crippen LogP contribution < -0.4 is 5.73 Å². The summed E-state index contributed by atoms with van der Waals surface area (Å²) in [5, 5.41) is 16.3. The van der Waals surface area contributed by atoms with Crippen molar-refractivity contribution in [3.8, 4) is 0 Å². The highest BCUT2D eigenvalue weighted by molar-refractivity contribution is 5.74. The van der Waals surface area contributed by atoms with Crippen LogP contribution in [0.3, 0.4) is 0 Å². The van der Waals surface area contributed by atoms with Gasteiger partial charge < -0.3 is 20.7 Å². The molecule has 7 heteroatoms. The third-order valence-corrected chi connectivity index (χ3v) is 1.77. The number of rotatable bonds is 4. The van der Waals surface area contributed by atoms with Crippen LogP contribution in [0.15, 0.2) is 0 Å². The first-order valence-corrected chi connectivity index (χ1v) is 4.79. The standard InChI is InChI=1S/C5H9NO4.C4H6O2/c6-3(5(9)10)1-2-4(7)8;5-4-2-1-3-6-4/h3H,1-2,6H2,(H,7,8)(H,9,10);1-3H2. The fourth-order valence-corrected chi connectivity index (χ4v) is 0.877. The number of cyclic esters (lactones) is 1. The lowest BCUT2D eigenvalue weighted by Gasteiger charge is -2.01. The van der Waals surface area contributed by atoms with Gasteiger partial charge in [-0.15, -0.1) is 0 Å². The van der Waals surface area contributed by atoms with E-state index in [4.69, 9.17) is 15.9 Å². The highest BCUT2D eigenvalue weighted by Crippen LogP contribution is 2.01. The summed E-state index contributed by atoms with van der Waals surface area (Å²) in [6.07, 6.45) is 1.32. The molecular weight excluding hydrogens is 218 g/mol. The maximum Gasteiger partial charge on any atom is 0.320 e. The second kappa shape index (κ2) is 7.63. The van der Waals surface area contributed by atoms with E-state index < -0.39 is 18.0 Å². The number of carbonyl (C=O) groups is 3. The molecule has 1 aliphatic rings. The van der Waals surface area contributed by atoms with Crippen LogP contribution in [-0.4, -0.2) is 40.8 Å². The van der Waals surface area contributed by atoms with Gasteiger partial charge >= 0.3 is 17.9 Å². The van der Waals surface area contributed by atoms with Gasteiger partial charge in [0.1, 0.15) is 6.04 Å². The Morgan fingerprint density at radius 1 is 1.44 bits per heavy atom. The van der Waals surface area contributed by atoms with E-state index in [0.29, 0.717) is 13.0 Å². The third-order valence-electron chi connectivity index (χ3n) is 1.77. The second-order valence-electron chi connectivity index (χ2n) is 3.20. The van der Waals surface area contributed by atoms with Gasteiger partial charge in [0.15, 0.2) is 0 Å². The average Bonchev–Trinajstić information content (AvgIpc) is 2.66. The zero-order valence-electron chi connectivity index (χ0n) is 8.72. The van der Waals surface area contributed by atoms with Gasteiger partial charge in [-0.1, -0.05) is 0 Å². The number of nitrogens with two attached hydrogens (primary N) is 1. The highest BCUT2D eigenvalue weighted by Gasteiger charge is 2.12. The lowest BCUT2D eigenvalue weighted by molar-refractivity contribution is -0.140. The molecule has 0 amide bonds. The number of aliphatic carboxylic acids is 2. The van der Waals surface area contributed by atoms with Gasteiger partial charge in [0.25, 0.3) is 0 Å². The third kappa shape index (κ3) is 7.74. The van der Waals surface area contributed by atoms with E-state index >= 15 is 0 Å². The van der Waals surface area contributed by atoms with Crippen LogP contribution in [0, 0.1) is 0 Å². The Morgan fingerprint density at radius 3 is 2.31 bits per heavy atom. The van der Waals surface area contributed by atoms with Gasteiger partial charge in [0, 0.05) is 12.8 Å². The summed E-state index contributed by atoms with van der Waals surface area (Å²) in [5.74, 6) is -2.24. The van der Waals surface area contributed by atoms with E-state index in [1.165, 1.54) is 0 Å². The number of ether oxygens (including phenoxy) is 1. The number of hydrogen-bond donors (Lipinski definition) is 3. The van der Waals surface area contributed by atoms with Crippen molar-refractivity contribution in [3.05, 3.63) is 0 Å². The molecule has 4 N–H and O–H groups in total. The molecule has 1 fully saturated rings. The van der Waals surface area contributed by atoms with E-state index in [2.05, 4.69) is 4.74 Å². The van der Waals surface area contributed by atoms with Crippen LogP contribution in [0.1, 0.15) is 25.7 Å². The average molecular weight is 233 g/mol. The molecule has 0 aromatic rings. The number of hydrogen-bond acceptors (Lipinski definition) is 5. The molecule has 1 aliphatic heterocycles. The summed E-state index contributed by atoms with van der Waals surface area (Å²) < 4.78 is 4.51. The Kier molecular flexibility index (Phi) is 6.86. The number of carboxylic acid groups (broad SMARTS) is 2. The number of carboxylic acids is 2. The first kappa shape index (κ1) is 14.4. The van der Waals surface area contributed by atoms with Gasteiger partial charge in [0.2, 0.25) is 0 Å². The van der Waals surface area contributed by atoms with E-state index in [-0.39, 0.29) is 18.8 Å². The zero-order chi connectivity index (χ0) is 12.6. The van der Waals surface area contributed by atoms with Crippen molar-refractivity contribution in [2.75, 3.05) is 6.61 Å². The molecule has 0 aromatic heterocycles. The van der Waals surface area contributed by atoms with Crippen molar-refractivity contribution in [1.29, 1.82) is 0 Å². The molecule has 1 saturated heterocycles. The molecule has 0 aliphatic carbocycles. The molecule has 16 heavy (non-hydrogen) atoms. The van der Waals surface area contributed by atoms with Gasteiger partial charge in [-0.2, -0.15) is 0 Å². The normalized spacial score (nSPS) is 15.7. The molecule has 0 aromatic carbocycles. The van der Waals surface area contributed by atoms with Crippen molar-refractivity contribution >= 4 is 17.9 Å². The van der Waals surface area contributed by atoms with Crippen LogP contribution in [0.2, 0.25) is 0 Å². The van der Waals surface area contributed by atoms with Crippen LogP contribution in [0.25, 0.3) is 0 Å². The lowest BCUT2D eigenvalue weighted by atomic mass is 10.2. The summed E-state index contributed by atoms with van der Waals surface area (Å²) in [5.41, 5.74) is 5.00. The number of esters is 1. The molecule has 1 atom stereocenters.